The van der Waals surface area contributed by atoms with Gasteiger partial charge in [0.05, 0.1) is 17.7 Å². The first-order valence-electron chi connectivity index (χ1n) is 11.0. The first-order chi connectivity index (χ1) is 16.4. The van der Waals surface area contributed by atoms with Crippen LogP contribution in [0.1, 0.15) is 16.1 Å². The summed E-state index contributed by atoms with van der Waals surface area (Å²) in [6.07, 6.45) is 1.47. The predicted octanol–water partition coefficient (Wildman–Crippen LogP) is 2.87. The van der Waals surface area contributed by atoms with E-state index in [-0.39, 0.29) is 16.5 Å². The second-order valence-corrected chi connectivity index (χ2v) is 10.1. The zero-order valence-electron chi connectivity index (χ0n) is 19.3. The van der Waals surface area contributed by atoms with Gasteiger partial charge in [0, 0.05) is 46.0 Å². The average molecular weight is 481 g/mol. The van der Waals surface area contributed by atoms with Gasteiger partial charge < -0.3 is 9.64 Å². The van der Waals surface area contributed by atoms with E-state index >= 15 is 0 Å². The zero-order valence-corrected chi connectivity index (χ0v) is 20.1. The van der Waals surface area contributed by atoms with Gasteiger partial charge >= 0.3 is 0 Å². The van der Waals surface area contributed by atoms with Crippen molar-refractivity contribution in [3.8, 4) is 5.75 Å². The number of ether oxygens (including phenoxy) is 1. The van der Waals surface area contributed by atoms with Gasteiger partial charge in [-0.25, -0.2) is 8.42 Å². The topological polar surface area (TPSA) is 83.0 Å². The summed E-state index contributed by atoms with van der Waals surface area (Å²) in [6.45, 7) is 3.58. The van der Waals surface area contributed by atoms with Gasteiger partial charge in [-0.15, -0.1) is 0 Å². The summed E-state index contributed by atoms with van der Waals surface area (Å²) in [6, 6.07) is 19.5. The fraction of sp³-hybridized carbons (Fsp3) is 0.280. The standard InChI is InChI=1S/C25H28N4O4S/c1-27(34(31,32)23-10-8-22(33-2)9-11-23)21-12-13-26-24(18-21)25(30)29-16-14-28(15-17-29)19-20-6-4-3-5-7-20/h3-13,18H,14-17,19H2,1-2H3. The molecule has 0 aliphatic carbocycles. The highest BCUT2D eigenvalue weighted by atomic mass is 32.2. The number of carbonyl (C=O) groups excluding carboxylic acids is 1. The third-order valence-corrected chi connectivity index (χ3v) is 7.75. The largest absolute Gasteiger partial charge is 0.497 e. The smallest absolute Gasteiger partial charge is 0.272 e. The van der Waals surface area contributed by atoms with Crippen molar-refractivity contribution in [1.29, 1.82) is 0 Å². The number of nitrogens with zero attached hydrogens (tertiary/aromatic N) is 4. The van der Waals surface area contributed by atoms with Crippen LogP contribution in [0.3, 0.4) is 0 Å². The molecule has 0 atom stereocenters. The van der Waals surface area contributed by atoms with Gasteiger partial charge in [-0.2, -0.15) is 0 Å². The van der Waals surface area contributed by atoms with Crippen LogP contribution >= 0.6 is 0 Å². The number of hydrogen-bond donors (Lipinski definition) is 0. The van der Waals surface area contributed by atoms with Crippen LogP contribution in [0.25, 0.3) is 0 Å². The normalized spacial score (nSPS) is 14.6. The molecule has 0 spiro atoms. The van der Waals surface area contributed by atoms with Crippen LogP contribution < -0.4 is 9.04 Å². The molecule has 9 heteroatoms. The monoisotopic (exact) mass is 480 g/mol. The molecule has 4 rings (SSSR count). The average Bonchev–Trinajstić information content (AvgIpc) is 2.89. The van der Waals surface area contributed by atoms with E-state index in [0.29, 0.717) is 24.5 Å². The van der Waals surface area contributed by atoms with Crippen molar-refractivity contribution < 1.29 is 17.9 Å². The minimum absolute atomic E-state index is 0.134. The molecule has 0 bridgehead atoms. The maximum absolute atomic E-state index is 13.1. The Kier molecular flexibility index (Phi) is 7.14. The fourth-order valence-electron chi connectivity index (χ4n) is 3.89. The van der Waals surface area contributed by atoms with Crippen LogP contribution in [0, 0.1) is 0 Å². The minimum Gasteiger partial charge on any atom is -0.497 e. The lowest BCUT2D eigenvalue weighted by atomic mass is 10.2. The highest BCUT2D eigenvalue weighted by Gasteiger charge is 2.26. The first kappa shape index (κ1) is 23.7. The quantitative estimate of drug-likeness (QED) is 0.517. The second kappa shape index (κ2) is 10.2. The number of aromatic nitrogens is 1. The molecule has 2 aromatic carbocycles. The number of benzene rings is 2. The molecule has 1 saturated heterocycles. The number of amides is 1. The third kappa shape index (κ3) is 5.21. The fourth-order valence-corrected chi connectivity index (χ4v) is 5.08. The number of carbonyl (C=O) groups is 1. The van der Waals surface area contributed by atoms with E-state index in [9.17, 15) is 13.2 Å². The van der Waals surface area contributed by atoms with Crippen molar-refractivity contribution in [3.63, 3.8) is 0 Å². The van der Waals surface area contributed by atoms with Crippen LogP contribution in [0.2, 0.25) is 0 Å². The van der Waals surface area contributed by atoms with Crippen LogP contribution in [0.4, 0.5) is 5.69 Å². The Morgan fingerprint density at radius 2 is 1.68 bits per heavy atom. The van der Waals surface area contributed by atoms with Crippen LogP contribution in [0.5, 0.6) is 5.75 Å². The van der Waals surface area contributed by atoms with Crippen molar-refractivity contribution in [2.75, 3.05) is 44.6 Å². The van der Waals surface area contributed by atoms with E-state index in [4.69, 9.17) is 4.74 Å². The molecular formula is C25H28N4O4S. The predicted molar refractivity (Wildman–Crippen MR) is 130 cm³/mol. The van der Waals surface area contributed by atoms with Crippen molar-refractivity contribution >= 4 is 21.6 Å². The molecular weight excluding hydrogens is 452 g/mol. The van der Waals surface area contributed by atoms with Gasteiger partial charge in [-0.05, 0) is 42.0 Å². The van der Waals surface area contributed by atoms with E-state index in [1.807, 2.05) is 18.2 Å². The SMILES string of the molecule is COc1ccc(S(=O)(=O)N(C)c2ccnc(C(=O)N3CCN(Cc4ccccc4)CC3)c2)cc1. The molecule has 1 aliphatic rings. The zero-order chi connectivity index (χ0) is 24.1. The number of hydrogen-bond acceptors (Lipinski definition) is 6. The lowest BCUT2D eigenvalue weighted by Gasteiger charge is -2.34. The Balaban J connectivity index is 1.43. The Labute approximate surface area is 200 Å². The molecule has 0 N–H and O–H groups in total. The molecule has 0 saturated carbocycles. The number of methoxy groups -OCH3 is 1. The Morgan fingerprint density at radius 1 is 1.00 bits per heavy atom. The van der Waals surface area contributed by atoms with Gasteiger partial charge in [-0.1, -0.05) is 30.3 Å². The van der Waals surface area contributed by atoms with E-state index in [2.05, 4.69) is 22.0 Å². The lowest BCUT2D eigenvalue weighted by molar-refractivity contribution is 0.0623. The molecule has 34 heavy (non-hydrogen) atoms. The Morgan fingerprint density at radius 3 is 2.32 bits per heavy atom. The molecule has 0 unspecified atom stereocenters. The lowest BCUT2D eigenvalue weighted by Crippen LogP contribution is -2.48. The van der Waals surface area contributed by atoms with Crippen molar-refractivity contribution in [2.24, 2.45) is 0 Å². The van der Waals surface area contributed by atoms with Crippen molar-refractivity contribution in [1.82, 2.24) is 14.8 Å². The first-order valence-corrected chi connectivity index (χ1v) is 12.5. The maximum atomic E-state index is 13.1. The van der Waals surface area contributed by atoms with Gasteiger partial charge in [-0.3, -0.25) is 19.0 Å². The van der Waals surface area contributed by atoms with E-state index < -0.39 is 10.0 Å². The number of piperazine rings is 1. The number of anilines is 1. The summed E-state index contributed by atoms with van der Waals surface area (Å²) in [4.78, 5) is 21.5. The van der Waals surface area contributed by atoms with Gasteiger partial charge in [0.2, 0.25) is 0 Å². The molecule has 1 aliphatic heterocycles. The van der Waals surface area contributed by atoms with Gasteiger partial charge in [0.15, 0.2) is 0 Å². The second-order valence-electron chi connectivity index (χ2n) is 8.10. The molecule has 8 nitrogen and oxygen atoms in total. The molecule has 2 heterocycles. The van der Waals surface area contributed by atoms with Crippen molar-refractivity contribution in [3.05, 3.63) is 84.2 Å². The summed E-state index contributed by atoms with van der Waals surface area (Å²) < 4.78 is 32.4. The van der Waals surface area contributed by atoms with E-state index in [1.165, 1.54) is 44.1 Å². The molecule has 178 valence electrons. The third-order valence-electron chi connectivity index (χ3n) is 5.95. The minimum atomic E-state index is -3.80. The highest BCUT2D eigenvalue weighted by Crippen LogP contribution is 2.24. The number of sulfonamides is 1. The van der Waals surface area contributed by atoms with Gasteiger partial charge in [0.25, 0.3) is 15.9 Å². The van der Waals surface area contributed by atoms with E-state index in [0.717, 1.165) is 23.9 Å². The summed E-state index contributed by atoms with van der Waals surface area (Å²) >= 11 is 0. The number of pyridine rings is 1. The Bertz CT molecular complexity index is 1230. The van der Waals surface area contributed by atoms with Crippen LogP contribution in [-0.4, -0.2) is 69.4 Å². The summed E-state index contributed by atoms with van der Waals surface area (Å²) in [5.41, 5.74) is 1.85. The van der Waals surface area contributed by atoms with Crippen LogP contribution in [-0.2, 0) is 16.6 Å². The number of rotatable bonds is 7. The van der Waals surface area contributed by atoms with Crippen LogP contribution in [0.15, 0.2) is 77.8 Å². The molecule has 1 fully saturated rings. The summed E-state index contributed by atoms with van der Waals surface area (Å²) in [5, 5.41) is 0. The summed E-state index contributed by atoms with van der Waals surface area (Å²) in [5.74, 6) is 0.374. The Hall–Kier alpha value is -3.43. The maximum Gasteiger partial charge on any atom is 0.272 e. The molecule has 0 radical (unpaired) electrons. The molecule has 1 aromatic heterocycles. The molecule has 1 amide bonds. The van der Waals surface area contributed by atoms with Crippen molar-refractivity contribution in [2.45, 2.75) is 11.4 Å². The highest BCUT2D eigenvalue weighted by molar-refractivity contribution is 7.92. The van der Waals surface area contributed by atoms with E-state index in [1.54, 1.807) is 23.1 Å². The van der Waals surface area contributed by atoms with Gasteiger partial charge in [0.1, 0.15) is 11.4 Å². The molecule has 3 aromatic rings. The summed E-state index contributed by atoms with van der Waals surface area (Å²) in [7, 11) is -0.817.